The van der Waals surface area contributed by atoms with E-state index in [4.69, 9.17) is 10.1 Å². The Morgan fingerprint density at radius 1 is 1.08 bits per heavy atom. The van der Waals surface area contributed by atoms with Gasteiger partial charge in [-0.1, -0.05) is 19.1 Å². The first kappa shape index (κ1) is 26.2. The van der Waals surface area contributed by atoms with Gasteiger partial charge in [-0.2, -0.15) is 5.10 Å². The normalized spacial score (nSPS) is 17.7. The summed E-state index contributed by atoms with van der Waals surface area (Å²) in [6.45, 7) is 14.8. The zero-order chi connectivity index (χ0) is 27.5. The summed E-state index contributed by atoms with van der Waals surface area (Å²) >= 11 is 0. The number of likely N-dealkylation sites (tertiary alicyclic amines) is 1. The van der Waals surface area contributed by atoms with Gasteiger partial charge in [-0.15, -0.1) is 0 Å². The van der Waals surface area contributed by atoms with Crippen LogP contribution in [0.1, 0.15) is 63.1 Å². The third-order valence-electron chi connectivity index (χ3n) is 8.68. The molecule has 4 aromatic rings. The third-order valence-corrected chi connectivity index (χ3v) is 8.68. The number of hydrogen-bond donors (Lipinski definition) is 1. The molecule has 0 bridgehead atoms. The van der Waals surface area contributed by atoms with Crippen LogP contribution >= 0.6 is 0 Å². The maximum Gasteiger partial charge on any atom is 0.159 e. The Hall–Kier alpha value is -3.03. The first-order chi connectivity index (χ1) is 18.6. The van der Waals surface area contributed by atoms with Crippen molar-refractivity contribution in [3.05, 3.63) is 58.7 Å². The minimum atomic E-state index is -0.224. The predicted octanol–water partition coefficient (Wildman–Crippen LogP) is 6.31. The van der Waals surface area contributed by atoms with Crippen LogP contribution < -0.4 is 0 Å². The number of nitrogens with zero attached hydrogens (tertiary/aromatic N) is 5. The second-order valence-electron chi connectivity index (χ2n) is 12.5. The molecule has 0 radical (unpaired) electrons. The molecule has 0 aliphatic carbocycles. The quantitative estimate of drug-likeness (QED) is 0.337. The smallest absolute Gasteiger partial charge is 0.159 e. The Bertz CT molecular complexity index is 1520. The molecule has 6 rings (SSSR count). The molecule has 4 heterocycles. The van der Waals surface area contributed by atoms with Crippen molar-refractivity contribution in [1.29, 1.82) is 0 Å². The minimum Gasteiger partial charge on any atom is -0.339 e. The first-order valence-corrected chi connectivity index (χ1v) is 14.5. The molecule has 206 valence electrons. The van der Waals surface area contributed by atoms with E-state index in [-0.39, 0.29) is 11.4 Å². The number of piperidine rings is 1. The van der Waals surface area contributed by atoms with Crippen LogP contribution in [0.4, 0.5) is 4.39 Å². The number of H-pyrrole nitrogens is 1. The van der Waals surface area contributed by atoms with Crippen LogP contribution in [0.3, 0.4) is 0 Å². The van der Waals surface area contributed by atoms with Gasteiger partial charge in [0.15, 0.2) is 5.82 Å². The molecule has 2 aromatic heterocycles. The average Bonchev–Trinajstić information content (AvgIpc) is 3.51. The van der Waals surface area contributed by atoms with Crippen LogP contribution in [0.2, 0.25) is 0 Å². The molecule has 2 aliphatic rings. The van der Waals surface area contributed by atoms with Gasteiger partial charge in [-0.25, -0.2) is 9.37 Å². The molecular weight excluding hydrogens is 487 g/mol. The Balaban J connectivity index is 1.39. The van der Waals surface area contributed by atoms with Crippen molar-refractivity contribution in [3.63, 3.8) is 0 Å². The molecule has 0 amide bonds. The lowest BCUT2D eigenvalue weighted by Gasteiger charge is -2.38. The molecule has 1 saturated heterocycles. The summed E-state index contributed by atoms with van der Waals surface area (Å²) in [5.74, 6) is 0.685. The van der Waals surface area contributed by atoms with Gasteiger partial charge in [0.05, 0.1) is 22.4 Å². The molecule has 6 nitrogen and oxygen atoms in total. The van der Waals surface area contributed by atoms with Crippen molar-refractivity contribution in [3.8, 4) is 22.6 Å². The van der Waals surface area contributed by atoms with Crippen LogP contribution in [-0.4, -0.2) is 62.3 Å². The van der Waals surface area contributed by atoms with Crippen LogP contribution in [0.5, 0.6) is 0 Å². The maximum atomic E-state index is 14.6. The van der Waals surface area contributed by atoms with Gasteiger partial charge >= 0.3 is 0 Å². The van der Waals surface area contributed by atoms with Crippen molar-refractivity contribution in [2.75, 3.05) is 26.7 Å². The van der Waals surface area contributed by atoms with Crippen molar-refractivity contribution in [1.82, 2.24) is 29.5 Å². The molecule has 7 heteroatoms. The van der Waals surface area contributed by atoms with E-state index in [0.717, 1.165) is 65.0 Å². The van der Waals surface area contributed by atoms with Gasteiger partial charge in [0, 0.05) is 30.9 Å². The summed E-state index contributed by atoms with van der Waals surface area (Å²) in [5, 5.41) is 6.20. The van der Waals surface area contributed by atoms with E-state index >= 15 is 0 Å². The van der Waals surface area contributed by atoms with Crippen molar-refractivity contribution >= 4 is 10.9 Å². The van der Waals surface area contributed by atoms with Gasteiger partial charge in [-0.3, -0.25) is 9.58 Å². The molecule has 39 heavy (non-hydrogen) atoms. The number of aryl methyl sites for hydroxylation is 2. The molecule has 1 fully saturated rings. The SMILES string of the molecule is CCc1cc(C)c(F)cc1-c1ccc2c(-c3nc4c([nH]3)CN(C3CCN(C)CC3)CC4)nn(C(C)(C)C)c2c1. The number of hydrogen-bond acceptors (Lipinski definition) is 4. The van der Waals surface area contributed by atoms with Gasteiger partial charge in [0.1, 0.15) is 11.5 Å². The topological polar surface area (TPSA) is 53.0 Å². The highest BCUT2D eigenvalue weighted by atomic mass is 19.1. The Kier molecular flexibility index (Phi) is 6.63. The van der Waals surface area contributed by atoms with Crippen LogP contribution in [0.25, 0.3) is 33.5 Å². The second-order valence-corrected chi connectivity index (χ2v) is 12.5. The second kappa shape index (κ2) is 9.86. The van der Waals surface area contributed by atoms with E-state index in [1.54, 1.807) is 6.07 Å². The first-order valence-electron chi connectivity index (χ1n) is 14.5. The monoisotopic (exact) mass is 528 g/mol. The number of rotatable bonds is 4. The molecular formula is C32H41FN6. The largest absolute Gasteiger partial charge is 0.339 e. The van der Waals surface area contributed by atoms with Gasteiger partial charge < -0.3 is 9.88 Å². The highest BCUT2D eigenvalue weighted by Gasteiger charge is 2.30. The van der Waals surface area contributed by atoms with E-state index in [2.05, 4.69) is 72.4 Å². The molecule has 2 aliphatic heterocycles. The Labute approximate surface area is 231 Å². The van der Waals surface area contributed by atoms with Crippen molar-refractivity contribution < 1.29 is 4.39 Å². The van der Waals surface area contributed by atoms with Crippen molar-refractivity contribution in [2.45, 2.75) is 78.4 Å². The highest BCUT2D eigenvalue weighted by molar-refractivity contribution is 5.95. The van der Waals surface area contributed by atoms with Crippen LogP contribution in [0, 0.1) is 12.7 Å². The summed E-state index contributed by atoms with van der Waals surface area (Å²) in [7, 11) is 2.22. The third kappa shape index (κ3) is 4.80. The Morgan fingerprint density at radius 3 is 2.56 bits per heavy atom. The number of imidazole rings is 1. The van der Waals surface area contributed by atoms with Gasteiger partial charge in [-0.05, 0) is 108 Å². The van der Waals surface area contributed by atoms with E-state index in [1.807, 2.05) is 13.0 Å². The molecule has 0 atom stereocenters. The highest BCUT2D eigenvalue weighted by Crippen LogP contribution is 2.36. The Morgan fingerprint density at radius 2 is 1.85 bits per heavy atom. The van der Waals surface area contributed by atoms with Crippen LogP contribution in [-0.2, 0) is 24.9 Å². The molecule has 0 spiro atoms. The fraction of sp³-hybridized carbons (Fsp3) is 0.500. The molecule has 1 N–H and O–H groups in total. The van der Waals surface area contributed by atoms with Gasteiger partial charge in [0.2, 0.25) is 0 Å². The van der Waals surface area contributed by atoms with E-state index in [9.17, 15) is 4.39 Å². The average molecular weight is 529 g/mol. The van der Waals surface area contributed by atoms with Gasteiger partial charge in [0.25, 0.3) is 0 Å². The molecule has 0 saturated carbocycles. The fourth-order valence-corrected chi connectivity index (χ4v) is 6.37. The number of fused-ring (bicyclic) bond motifs is 2. The lowest BCUT2D eigenvalue weighted by Crippen LogP contribution is -2.45. The maximum absolute atomic E-state index is 14.6. The number of aromatic amines is 1. The van der Waals surface area contributed by atoms with Crippen LogP contribution in [0.15, 0.2) is 30.3 Å². The van der Waals surface area contributed by atoms with E-state index in [1.165, 1.54) is 37.3 Å². The lowest BCUT2D eigenvalue weighted by atomic mass is 9.95. The number of nitrogens with one attached hydrogen (secondary N) is 1. The summed E-state index contributed by atoms with van der Waals surface area (Å²) in [6.07, 6.45) is 4.30. The number of aromatic nitrogens is 4. The summed E-state index contributed by atoms with van der Waals surface area (Å²) in [4.78, 5) is 13.8. The summed E-state index contributed by atoms with van der Waals surface area (Å²) in [5.41, 5.74) is 7.92. The molecule has 0 unspecified atom stereocenters. The zero-order valence-electron chi connectivity index (χ0n) is 24.2. The number of halogens is 1. The van der Waals surface area contributed by atoms with E-state index in [0.29, 0.717) is 11.6 Å². The minimum absolute atomic E-state index is 0.164. The number of benzene rings is 2. The summed E-state index contributed by atoms with van der Waals surface area (Å²) < 4.78 is 16.7. The summed E-state index contributed by atoms with van der Waals surface area (Å²) in [6, 6.07) is 10.7. The lowest BCUT2D eigenvalue weighted by molar-refractivity contribution is 0.108. The fourth-order valence-electron chi connectivity index (χ4n) is 6.37. The predicted molar refractivity (Wildman–Crippen MR) is 156 cm³/mol. The molecule has 2 aromatic carbocycles. The zero-order valence-corrected chi connectivity index (χ0v) is 24.2. The standard InChI is InChI=1S/C32H41FN6/c1-7-21-16-20(2)26(33)18-25(21)22-8-9-24-29(17-22)39(32(3,4)5)36-30(24)31-34-27-12-15-38(19-28(27)35-31)23-10-13-37(6)14-11-23/h8-9,16-18,23H,7,10-15,19H2,1-6H3,(H,34,35). The van der Waals surface area contributed by atoms with Crippen molar-refractivity contribution in [2.24, 2.45) is 0 Å². The van der Waals surface area contributed by atoms with E-state index < -0.39 is 0 Å².